The molecule has 1 unspecified atom stereocenters. The average Bonchev–Trinajstić information content (AvgIpc) is 3.15. The molecule has 0 spiro atoms. The third kappa shape index (κ3) is 4.98. The van der Waals surface area contributed by atoms with Crippen molar-refractivity contribution in [3.05, 3.63) is 53.6 Å². The smallest absolute Gasteiger partial charge is 0.369 e. The molecule has 2 heterocycles. The Labute approximate surface area is 192 Å². The quantitative estimate of drug-likeness (QED) is 0.675. The number of anilines is 3. The number of piperazine rings is 1. The first-order valence-corrected chi connectivity index (χ1v) is 10.7. The van der Waals surface area contributed by atoms with E-state index in [1.54, 1.807) is 0 Å². The molecule has 2 aromatic carbocycles. The van der Waals surface area contributed by atoms with Crippen LogP contribution in [0.2, 0.25) is 0 Å². The summed E-state index contributed by atoms with van der Waals surface area (Å²) in [7, 11) is 1.94. The maximum absolute atomic E-state index is 14.1. The molecule has 4 rings (SSSR count). The summed E-state index contributed by atoms with van der Waals surface area (Å²) < 4.78 is 68.6. The van der Waals surface area contributed by atoms with Crippen molar-refractivity contribution in [2.24, 2.45) is 5.92 Å². The van der Waals surface area contributed by atoms with E-state index in [4.69, 9.17) is 0 Å². The van der Waals surface area contributed by atoms with Crippen LogP contribution in [0.25, 0.3) is 0 Å². The molecule has 2 aliphatic heterocycles. The van der Waals surface area contributed by atoms with Crippen LogP contribution in [0, 0.1) is 17.6 Å². The lowest BCUT2D eigenvalue weighted by Crippen LogP contribution is -2.44. The lowest BCUT2D eigenvalue weighted by atomic mass is 10.1. The fraction of sp³-hybridized carbons (Fsp3) is 0.391. The Morgan fingerprint density at radius 3 is 2.38 bits per heavy atom. The van der Waals surface area contributed by atoms with Gasteiger partial charge in [0, 0.05) is 50.9 Å². The Hall–Kier alpha value is -3.21. The molecule has 2 aromatic rings. The van der Waals surface area contributed by atoms with Gasteiger partial charge < -0.3 is 20.0 Å². The summed E-state index contributed by atoms with van der Waals surface area (Å²) in [6.07, 6.45) is -5.01. The summed E-state index contributed by atoms with van der Waals surface area (Å²) in [6, 6.07) is 6.44. The molecule has 1 N–H and O–H groups in total. The number of rotatable bonds is 4. The van der Waals surface area contributed by atoms with Crippen molar-refractivity contribution < 1.29 is 31.5 Å². The second-order valence-corrected chi connectivity index (χ2v) is 8.51. The molecule has 2 saturated heterocycles. The summed E-state index contributed by atoms with van der Waals surface area (Å²) in [6.45, 7) is 2.38. The highest BCUT2D eigenvalue weighted by Crippen LogP contribution is 2.38. The third-order valence-electron chi connectivity index (χ3n) is 6.13. The number of halogens is 5. The van der Waals surface area contributed by atoms with Gasteiger partial charge in [-0.05, 0) is 37.4 Å². The SMILES string of the molecule is CN1CCN(c2ccc(NC(=O)C3CC(=O)N(c4ccc(F)cc4F)C3)c(C(F)(F)F)c2)CC1. The van der Waals surface area contributed by atoms with E-state index in [9.17, 15) is 31.5 Å². The maximum atomic E-state index is 14.1. The van der Waals surface area contributed by atoms with Crippen LogP contribution in [-0.2, 0) is 15.8 Å². The summed E-state index contributed by atoms with van der Waals surface area (Å²) in [5.41, 5.74) is -1.17. The Morgan fingerprint density at radius 1 is 1.03 bits per heavy atom. The topological polar surface area (TPSA) is 55.9 Å². The molecule has 0 saturated carbocycles. The predicted octanol–water partition coefficient (Wildman–Crippen LogP) is 3.73. The van der Waals surface area contributed by atoms with Gasteiger partial charge in [-0.15, -0.1) is 0 Å². The first kappa shape index (κ1) is 23.9. The van der Waals surface area contributed by atoms with Gasteiger partial charge in [0.25, 0.3) is 0 Å². The van der Waals surface area contributed by atoms with E-state index in [-0.39, 0.29) is 18.7 Å². The number of nitrogens with zero attached hydrogens (tertiary/aromatic N) is 3. The lowest BCUT2D eigenvalue weighted by Gasteiger charge is -2.34. The van der Waals surface area contributed by atoms with Crippen molar-refractivity contribution in [2.45, 2.75) is 12.6 Å². The standard InChI is InChI=1S/C23H23F5N4O2/c1-30-6-8-31(9-7-30)16-3-4-19(17(12-16)23(26,27)28)29-22(34)14-10-21(33)32(13-14)20-5-2-15(24)11-18(20)25/h2-5,11-12,14H,6-10,13H2,1H3,(H,29,34). The molecule has 2 fully saturated rings. The van der Waals surface area contributed by atoms with Gasteiger partial charge in [0.15, 0.2) is 0 Å². The lowest BCUT2D eigenvalue weighted by molar-refractivity contribution is -0.137. The van der Waals surface area contributed by atoms with E-state index in [1.807, 2.05) is 11.9 Å². The molecule has 6 nitrogen and oxygen atoms in total. The first-order chi connectivity index (χ1) is 16.0. The average molecular weight is 482 g/mol. The van der Waals surface area contributed by atoms with Gasteiger partial charge in [-0.25, -0.2) is 8.78 Å². The highest BCUT2D eigenvalue weighted by molar-refractivity contribution is 6.03. The monoisotopic (exact) mass is 482 g/mol. The molecule has 0 aliphatic carbocycles. The molecular formula is C23H23F5N4O2. The number of hydrogen-bond acceptors (Lipinski definition) is 4. The van der Waals surface area contributed by atoms with Crippen LogP contribution in [0.5, 0.6) is 0 Å². The maximum Gasteiger partial charge on any atom is 0.418 e. The number of alkyl halides is 3. The molecule has 11 heteroatoms. The van der Waals surface area contributed by atoms with Gasteiger partial charge in [0.1, 0.15) is 11.6 Å². The molecule has 0 radical (unpaired) electrons. The zero-order valence-electron chi connectivity index (χ0n) is 18.3. The zero-order chi connectivity index (χ0) is 24.6. The van der Waals surface area contributed by atoms with Crippen molar-refractivity contribution in [1.29, 1.82) is 0 Å². The van der Waals surface area contributed by atoms with E-state index in [2.05, 4.69) is 10.2 Å². The highest BCUT2D eigenvalue weighted by Gasteiger charge is 2.39. The van der Waals surface area contributed by atoms with Crippen molar-refractivity contribution in [3.63, 3.8) is 0 Å². The molecule has 2 amide bonds. The molecule has 34 heavy (non-hydrogen) atoms. The molecule has 0 bridgehead atoms. The largest absolute Gasteiger partial charge is 0.418 e. The molecular weight excluding hydrogens is 459 g/mol. The van der Waals surface area contributed by atoms with E-state index >= 15 is 0 Å². The van der Waals surface area contributed by atoms with Gasteiger partial charge >= 0.3 is 6.18 Å². The third-order valence-corrected chi connectivity index (χ3v) is 6.13. The normalized spacial score (nSPS) is 19.6. The van der Waals surface area contributed by atoms with Gasteiger partial charge in [-0.2, -0.15) is 13.2 Å². The molecule has 1 atom stereocenters. The number of carbonyl (C=O) groups is 2. The summed E-state index contributed by atoms with van der Waals surface area (Å²) in [5, 5.41) is 2.29. The van der Waals surface area contributed by atoms with E-state index in [1.165, 1.54) is 12.1 Å². The van der Waals surface area contributed by atoms with Crippen molar-refractivity contribution >= 4 is 28.9 Å². The van der Waals surface area contributed by atoms with Crippen molar-refractivity contribution in [2.75, 3.05) is 54.9 Å². The van der Waals surface area contributed by atoms with Crippen LogP contribution in [0.1, 0.15) is 12.0 Å². The number of benzene rings is 2. The van der Waals surface area contributed by atoms with Crippen LogP contribution in [-0.4, -0.2) is 56.5 Å². The van der Waals surface area contributed by atoms with Crippen LogP contribution >= 0.6 is 0 Å². The summed E-state index contributed by atoms with van der Waals surface area (Å²) >= 11 is 0. The number of hydrogen-bond donors (Lipinski definition) is 1. The number of nitrogens with one attached hydrogen (secondary N) is 1. The van der Waals surface area contributed by atoms with Crippen LogP contribution in [0.15, 0.2) is 36.4 Å². The Kier molecular flexibility index (Phi) is 6.48. The summed E-state index contributed by atoms with van der Waals surface area (Å²) in [5.74, 6) is -4.13. The number of carbonyl (C=O) groups excluding carboxylic acids is 2. The van der Waals surface area contributed by atoms with Crippen LogP contribution in [0.4, 0.5) is 39.0 Å². The Balaban J connectivity index is 1.51. The van der Waals surface area contributed by atoms with Gasteiger partial charge in [0.05, 0.1) is 22.9 Å². The summed E-state index contributed by atoms with van der Waals surface area (Å²) in [4.78, 5) is 30.0. The number of amides is 2. The fourth-order valence-corrected chi connectivity index (χ4v) is 4.19. The van der Waals surface area contributed by atoms with E-state index in [0.717, 1.165) is 36.2 Å². The van der Waals surface area contributed by atoms with Gasteiger partial charge in [-0.3, -0.25) is 9.59 Å². The van der Waals surface area contributed by atoms with Crippen LogP contribution in [0.3, 0.4) is 0 Å². The first-order valence-electron chi connectivity index (χ1n) is 10.7. The van der Waals surface area contributed by atoms with E-state index < -0.39 is 46.8 Å². The van der Waals surface area contributed by atoms with Crippen molar-refractivity contribution in [1.82, 2.24) is 4.90 Å². The second kappa shape index (κ2) is 9.21. The molecule has 2 aliphatic rings. The highest BCUT2D eigenvalue weighted by atomic mass is 19.4. The van der Waals surface area contributed by atoms with Crippen molar-refractivity contribution in [3.8, 4) is 0 Å². The molecule has 0 aromatic heterocycles. The predicted molar refractivity (Wildman–Crippen MR) is 117 cm³/mol. The second-order valence-electron chi connectivity index (χ2n) is 8.51. The molecule has 182 valence electrons. The van der Waals surface area contributed by atoms with Gasteiger partial charge in [-0.1, -0.05) is 0 Å². The fourth-order valence-electron chi connectivity index (χ4n) is 4.19. The number of likely N-dealkylation sites (N-methyl/N-ethyl adjacent to an activating group) is 1. The Bertz CT molecular complexity index is 1100. The van der Waals surface area contributed by atoms with Crippen LogP contribution < -0.4 is 15.1 Å². The Morgan fingerprint density at radius 2 is 1.74 bits per heavy atom. The zero-order valence-corrected chi connectivity index (χ0v) is 18.3. The minimum Gasteiger partial charge on any atom is -0.369 e. The van der Waals surface area contributed by atoms with Gasteiger partial charge in [0.2, 0.25) is 11.8 Å². The minimum atomic E-state index is -4.71. The minimum absolute atomic E-state index is 0.186. The van der Waals surface area contributed by atoms with E-state index in [0.29, 0.717) is 24.8 Å².